The van der Waals surface area contributed by atoms with E-state index >= 15 is 0 Å². The topological polar surface area (TPSA) is 70.1 Å². The van der Waals surface area contributed by atoms with Gasteiger partial charge in [-0.15, -0.1) is 0 Å². The third-order valence-electron chi connectivity index (χ3n) is 4.55. The van der Waals surface area contributed by atoms with Crippen molar-refractivity contribution in [1.82, 2.24) is 29.5 Å². The fourth-order valence-corrected chi connectivity index (χ4v) is 3.20. The molecule has 1 aromatic carbocycles. The van der Waals surface area contributed by atoms with Crippen LogP contribution in [0.4, 0.5) is 0 Å². The highest BCUT2D eigenvalue weighted by Gasteiger charge is 2.22. The summed E-state index contributed by atoms with van der Waals surface area (Å²) in [5.74, 6) is 1.05. The number of amides is 1. The molecular formula is C17H20N6O. The van der Waals surface area contributed by atoms with Crippen LogP contribution in [0.25, 0.3) is 10.9 Å². The summed E-state index contributed by atoms with van der Waals surface area (Å²) in [6.45, 7) is 4.38. The number of para-hydroxylation sites is 1. The van der Waals surface area contributed by atoms with Crippen molar-refractivity contribution in [2.24, 2.45) is 0 Å². The predicted molar refractivity (Wildman–Crippen MR) is 90.2 cm³/mol. The van der Waals surface area contributed by atoms with Crippen LogP contribution < -0.4 is 0 Å². The lowest BCUT2D eigenvalue weighted by molar-refractivity contribution is -0.133. The van der Waals surface area contributed by atoms with E-state index in [1.165, 1.54) is 11.7 Å². The number of carbonyl (C=O) groups is 1. The number of rotatable bonds is 4. The Kier molecular flexibility index (Phi) is 4.00. The van der Waals surface area contributed by atoms with E-state index < -0.39 is 0 Å². The summed E-state index contributed by atoms with van der Waals surface area (Å²) < 4.78 is 2.03. The van der Waals surface area contributed by atoms with Gasteiger partial charge in [0.2, 0.25) is 5.91 Å². The summed E-state index contributed by atoms with van der Waals surface area (Å²) in [5, 5.41) is 7.91. The number of fused-ring (bicyclic) bond motifs is 1. The summed E-state index contributed by atoms with van der Waals surface area (Å²) in [6.07, 6.45) is 3.51. The van der Waals surface area contributed by atoms with Crippen molar-refractivity contribution >= 4 is 16.8 Å². The van der Waals surface area contributed by atoms with Gasteiger partial charge in [0.1, 0.15) is 18.7 Å². The van der Waals surface area contributed by atoms with E-state index in [0.717, 1.165) is 44.1 Å². The standard InChI is InChI=1S/C17H20N6O/c24-17(12-23-6-5-14-3-1-2-4-15(14)23)22-9-7-21(8-10-22)11-16-18-13-19-20-16/h1-6,13H,7-12H2,(H,18,19,20). The Hall–Kier alpha value is -2.67. The van der Waals surface area contributed by atoms with Gasteiger partial charge < -0.3 is 9.47 Å². The van der Waals surface area contributed by atoms with E-state index in [-0.39, 0.29) is 5.91 Å². The predicted octanol–water partition coefficient (Wildman–Crippen LogP) is 1.10. The van der Waals surface area contributed by atoms with E-state index in [0.29, 0.717) is 6.54 Å². The van der Waals surface area contributed by atoms with Crippen molar-refractivity contribution in [2.45, 2.75) is 13.1 Å². The molecule has 0 unspecified atom stereocenters. The molecule has 1 aliphatic heterocycles. The van der Waals surface area contributed by atoms with Gasteiger partial charge in [-0.25, -0.2) is 4.98 Å². The molecule has 0 spiro atoms. The van der Waals surface area contributed by atoms with Crippen molar-refractivity contribution in [1.29, 1.82) is 0 Å². The number of aromatic amines is 1. The van der Waals surface area contributed by atoms with Gasteiger partial charge in [0, 0.05) is 37.9 Å². The zero-order valence-corrected chi connectivity index (χ0v) is 13.4. The highest BCUT2D eigenvalue weighted by molar-refractivity contribution is 5.83. The molecule has 7 nitrogen and oxygen atoms in total. The minimum atomic E-state index is 0.177. The Morgan fingerprint density at radius 2 is 1.96 bits per heavy atom. The second-order valence-electron chi connectivity index (χ2n) is 6.09. The van der Waals surface area contributed by atoms with Crippen LogP contribution in [0.1, 0.15) is 5.82 Å². The van der Waals surface area contributed by atoms with Crippen LogP contribution in [0.2, 0.25) is 0 Å². The summed E-state index contributed by atoms with van der Waals surface area (Å²) in [7, 11) is 0. The normalized spacial score (nSPS) is 15.9. The maximum atomic E-state index is 12.6. The number of piperazine rings is 1. The minimum Gasteiger partial charge on any atom is -0.339 e. The molecule has 3 heterocycles. The Bertz CT molecular complexity index is 817. The van der Waals surface area contributed by atoms with E-state index in [1.54, 1.807) is 0 Å². The molecule has 0 saturated carbocycles. The van der Waals surface area contributed by atoms with Gasteiger partial charge in [0.15, 0.2) is 0 Å². The van der Waals surface area contributed by atoms with Crippen LogP contribution in [0, 0.1) is 0 Å². The second kappa shape index (κ2) is 6.45. The molecule has 0 radical (unpaired) electrons. The number of hydrogen-bond donors (Lipinski definition) is 1. The Labute approximate surface area is 139 Å². The van der Waals surface area contributed by atoms with E-state index in [2.05, 4.69) is 38.3 Å². The van der Waals surface area contributed by atoms with Gasteiger partial charge in [0.25, 0.3) is 0 Å². The first kappa shape index (κ1) is 14.9. The van der Waals surface area contributed by atoms with Gasteiger partial charge in [-0.3, -0.25) is 14.8 Å². The van der Waals surface area contributed by atoms with Gasteiger partial charge in [-0.2, -0.15) is 5.10 Å². The molecule has 0 aliphatic carbocycles. The Morgan fingerprint density at radius 3 is 2.75 bits per heavy atom. The summed E-state index contributed by atoms with van der Waals surface area (Å²) >= 11 is 0. The maximum absolute atomic E-state index is 12.6. The lowest BCUT2D eigenvalue weighted by Crippen LogP contribution is -2.49. The fourth-order valence-electron chi connectivity index (χ4n) is 3.20. The molecular weight excluding hydrogens is 304 g/mol. The van der Waals surface area contributed by atoms with Crippen molar-refractivity contribution in [3.05, 3.63) is 48.7 Å². The zero-order chi connectivity index (χ0) is 16.4. The average Bonchev–Trinajstić information content (AvgIpc) is 3.26. The lowest BCUT2D eigenvalue weighted by Gasteiger charge is -2.34. The molecule has 0 atom stereocenters. The monoisotopic (exact) mass is 324 g/mol. The highest BCUT2D eigenvalue weighted by Crippen LogP contribution is 2.15. The quantitative estimate of drug-likeness (QED) is 0.780. The second-order valence-corrected chi connectivity index (χ2v) is 6.09. The zero-order valence-electron chi connectivity index (χ0n) is 13.4. The number of hydrogen-bond acceptors (Lipinski definition) is 4. The van der Waals surface area contributed by atoms with E-state index in [9.17, 15) is 4.79 Å². The average molecular weight is 324 g/mol. The van der Waals surface area contributed by atoms with Crippen LogP contribution in [-0.2, 0) is 17.9 Å². The van der Waals surface area contributed by atoms with Crippen molar-refractivity contribution in [3.8, 4) is 0 Å². The van der Waals surface area contributed by atoms with Crippen molar-refractivity contribution in [2.75, 3.05) is 26.2 Å². The number of carbonyl (C=O) groups excluding carboxylic acids is 1. The molecule has 24 heavy (non-hydrogen) atoms. The molecule has 1 saturated heterocycles. The number of benzene rings is 1. The number of aromatic nitrogens is 4. The highest BCUT2D eigenvalue weighted by atomic mass is 16.2. The van der Waals surface area contributed by atoms with Crippen LogP contribution in [0.3, 0.4) is 0 Å². The molecule has 1 aliphatic rings. The molecule has 1 fully saturated rings. The van der Waals surface area contributed by atoms with Crippen LogP contribution in [-0.4, -0.2) is 61.6 Å². The molecule has 4 rings (SSSR count). The van der Waals surface area contributed by atoms with Gasteiger partial charge in [-0.05, 0) is 17.5 Å². The first-order chi connectivity index (χ1) is 11.8. The minimum absolute atomic E-state index is 0.177. The molecule has 1 amide bonds. The fraction of sp³-hybridized carbons (Fsp3) is 0.353. The van der Waals surface area contributed by atoms with Crippen LogP contribution in [0.15, 0.2) is 42.9 Å². The number of nitrogens with one attached hydrogen (secondary N) is 1. The molecule has 2 aromatic heterocycles. The Balaban J connectivity index is 1.34. The van der Waals surface area contributed by atoms with Crippen LogP contribution in [0.5, 0.6) is 0 Å². The summed E-state index contributed by atoms with van der Waals surface area (Å²) in [4.78, 5) is 21.0. The number of H-pyrrole nitrogens is 1. The summed E-state index contributed by atoms with van der Waals surface area (Å²) in [6, 6.07) is 10.2. The largest absolute Gasteiger partial charge is 0.339 e. The van der Waals surface area contributed by atoms with Gasteiger partial charge >= 0.3 is 0 Å². The molecule has 124 valence electrons. The molecule has 3 aromatic rings. The Morgan fingerprint density at radius 1 is 1.12 bits per heavy atom. The molecule has 7 heteroatoms. The third kappa shape index (κ3) is 3.03. The first-order valence-corrected chi connectivity index (χ1v) is 8.18. The van der Waals surface area contributed by atoms with Gasteiger partial charge in [0.05, 0.1) is 6.54 Å². The van der Waals surface area contributed by atoms with Crippen molar-refractivity contribution < 1.29 is 4.79 Å². The SMILES string of the molecule is O=C(Cn1ccc2ccccc21)N1CCN(Cc2ncn[nH]2)CC1. The van der Waals surface area contributed by atoms with E-state index in [1.807, 2.05) is 27.8 Å². The van der Waals surface area contributed by atoms with Gasteiger partial charge in [-0.1, -0.05) is 18.2 Å². The van der Waals surface area contributed by atoms with E-state index in [4.69, 9.17) is 0 Å². The molecule has 0 bridgehead atoms. The van der Waals surface area contributed by atoms with Crippen molar-refractivity contribution in [3.63, 3.8) is 0 Å². The number of nitrogens with zero attached hydrogens (tertiary/aromatic N) is 5. The van der Waals surface area contributed by atoms with Crippen LogP contribution >= 0.6 is 0 Å². The molecule has 1 N–H and O–H groups in total. The maximum Gasteiger partial charge on any atom is 0.242 e. The third-order valence-corrected chi connectivity index (χ3v) is 4.55. The first-order valence-electron chi connectivity index (χ1n) is 8.18. The summed E-state index contributed by atoms with van der Waals surface area (Å²) in [5.41, 5.74) is 1.11. The lowest BCUT2D eigenvalue weighted by atomic mass is 10.2. The smallest absolute Gasteiger partial charge is 0.242 e.